The first-order chi connectivity index (χ1) is 17.4. The second kappa shape index (κ2) is 10.1. The number of anilines is 2. The summed E-state index contributed by atoms with van der Waals surface area (Å²) in [5.41, 5.74) is 1.76. The van der Waals surface area contributed by atoms with E-state index in [4.69, 9.17) is 21.3 Å². The van der Waals surface area contributed by atoms with Crippen molar-refractivity contribution in [3.05, 3.63) is 29.6 Å². The predicted molar refractivity (Wildman–Crippen MR) is 131 cm³/mol. The van der Waals surface area contributed by atoms with Gasteiger partial charge in [0.25, 0.3) is 6.43 Å². The highest BCUT2D eigenvalue weighted by Gasteiger charge is 2.31. The Bertz CT molecular complexity index is 1270. The number of para-hydroxylation sites is 1. The van der Waals surface area contributed by atoms with Gasteiger partial charge in [-0.25, -0.2) is 13.8 Å². The number of carbonyl (C=O) groups is 1. The first-order valence-corrected chi connectivity index (χ1v) is 12.3. The van der Waals surface area contributed by atoms with Crippen molar-refractivity contribution in [3.63, 3.8) is 0 Å². The summed E-state index contributed by atoms with van der Waals surface area (Å²) in [6.45, 7) is 5.11. The molecule has 0 N–H and O–H groups in total. The lowest BCUT2D eigenvalue weighted by atomic mass is 10.2. The number of aromatic nitrogens is 5. The molecule has 2 aromatic heterocycles. The fraction of sp³-hybridized carbons (Fsp3) is 0.522. The van der Waals surface area contributed by atoms with Gasteiger partial charge in [-0.05, 0) is 25.0 Å². The van der Waals surface area contributed by atoms with E-state index in [-0.39, 0.29) is 23.8 Å². The number of nitrogens with zero attached hydrogens (tertiary/aromatic N) is 8. The number of hydrogen-bond donors (Lipinski definition) is 0. The largest absolute Gasteiger partial charge is 0.378 e. The fourth-order valence-electron chi connectivity index (χ4n) is 4.64. The molecule has 1 aromatic carbocycles. The maximum Gasteiger partial charge on any atom is 0.296 e. The summed E-state index contributed by atoms with van der Waals surface area (Å²) < 4.78 is 35.1. The Hall–Kier alpha value is -3.12. The van der Waals surface area contributed by atoms with Crippen LogP contribution in [0, 0.1) is 6.92 Å². The Morgan fingerprint density at radius 1 is 1.11 bits per heavy atom. The number of carbonyl (C=O) groups excluding carboxylic acids is 1. The van der Waals surface area contributed by atoms with Gasteiger partial charge in [-0.15, -0.1) is 11.6 Å². The SMILES string of the molecule is Cc1cccc2c1nc(C(F)F)n2-c1nc(N2CCOCC2)nc(N2CC[C@H](N(C)C(=O)CCl)C2)n1. The van der Waals surface area contributed by atoms with Crippen LogP contribution >= 0.6 is 11.6 Å². The van der Waals surface area contributed by atoms with Gasteiger partial charge in [0.2, 0.25) is 23.8 Å². The summed E-state index contributed by atoms with van der Waals surface area (Å²) in [6, 6.07) is 5.30. The van der Waals surface area contributed by atoms with E-state index in [1.54, 1.807) is 24.1 Å². The lowest BCUT2D eigenvalue weighted by Crippen LogP contribution is -2.40. The number of imidazole rings is 1. The van der Waals surface area contributed by atoms with Gasteiger partial charge >= 0.3 is 0 Å². The zero-order valence-corrected chi connectivity index (χ0v) is 20.8. The van der Waals surface area contributed by atoms with E-state index < -0.39 is 12.2 Å². The number of hydrogen-bond acceptors (Lipinski definition) is 8. The van der Waals surface area contributed by atoms with Crippen molar-refractivity contribution in [1.82, 2.24) is 29.4 Å². The molecule has 2 fully saturated rings. The van der Waals surface area contributed by atoms with Crippen LogP contribution in [0.1, 0.15) is 24.2 Å². The van der Waals surface area contributed by atoms with E-state index >= 15 is 0 Å². The lowest BCUT2D eigenvalue weighted by Gasteiger charge is -2.28. The number of amides is 1. The second-order valence-corrected chi connectivity index (χ2v) is 9.18. The third-order valence-corrected chi connectivity index (χ3v) is 6.93. The highest BCUT2D eigenvalue weighted by Crippen LogP contribution is 2.30. The van der Waals surface area contributed by atoms with E-state index in [9.17, 15) is 13.6 Å². The molecule has 36 heavy (non-hydrogen) atoms. The number of fused-ring (bicyclic) bond motifs is 1. The number of benzene rings is 1. The Morgan fingerprint density at radius 2 is 1.81 bits per heavy atom. The van der Waals surface area contributed by atoms with Gasteiger partial charge in [-0.2, -0.15) is 15.0 Å². The molecule has 1 amide bonds. The lowest BCUT2D eigenvalue weighted by molar-refractivity contribution is -0.128. The van der Waals surface area contributed by atoms with Gasteiger partial charge in [-0.1, -0.05) is 12.1 Å². The molecule has 0 spiro atoms. The van der Waals surface area contributed by atoms with Gasteiger partial charge in [-0.3, -0.25) is 9.36 Å². The molecule has 1 atom stereocenters. The predicted octanol–water partition coefficient (Wildman–Crippen LogP) is 2.57. The van der Waals surface area contributed by atoms with Crippen LogP contribution in [0.2, 0.25) is 0 Å². The smallest absolute Gasteiger partial charge is 0.296 e. The minimum Gasteiger partial charge on any atom is -0.378 e. The van der Waals surface area contributed by atoms with E-state index in [2.05, 4.69) is 15.0 Å². The molecule has 192 valence electrons. The first-order valence-electron chi connectivity index (χ1n) is 11.8. The zero-order valence-electron chi connectivity index (χ0n) is 20.1. The number of aryl methyl sites for hydroxylation is 1. The molecule has 0 saturated carbocycles. The van der Waals surface area contributed by atoms with Crippen LogP contribution in [0.5, 0.6) is 0 Å². The van der Waals surface area contributed by atoms with E-state index in [1.807, 2.05) is 22.8 Å². The molecule has 2 saturated heterocycles. The molecule has 0 bridgehead atoms. The van der Waals surface area contributed by atoms with Crippen molar-refractivity contribution in [1.29, 1.82) is 0 Å². The van der Waals surface area contributed by atoms with Crippen molar-refractivity contribution in [2.45, 2.75) is 25.8 Å². The minimum absolute atomic E-state index is 0.0587. The van der Waals surface area contributed by atoms with Gasteiger partial charge in [0, 0.05) is 33.2 Å². The van der Waals surface area contributed by atoms with Gasteiger partial charge in [0.1, 0.15) is 5.88 Å². The maximum absolute atomic E-state index is 14.1. The summed E-state index contributed by atoms with van der Waals surface area (Å²) in [7, 11) is 1.73. The number of halogens is 3. The molecule has 10 nitrogen and oxygen atoms in total. The molecule has 0 aliphatic carbocycles. The van der Waals surface area contributed by atoms with Crippen LogP contribution in [0.3, 0.4) is 0 Å². The molecule has 5 rings (SSSR count). The first kappa shape index (κ1) is 24.6. The number of rotatable bonds is 6. The highest BCUT2D eigenvalue weighted by atomic mass is 35.5. The quantitative estimate of drug-likeness (QED) is 0.458. The van der Waals surface area contributed by atoms with Crippen LogP contribution < -0.4 is 9.80 Å². The maximum atomic E-state index is 14.1. The van der Waals surface area contributed by atoms with Crippen molar-refractivity contribution in [2.75, 3.05) is 62.1 Å². The van der Waals surface area contributed by atoms with Crippen LogP contribution in [-0.4, -0.2) is 93.7 Å². The second-order valence-electron chi connectivity index (χ2n) is 8.91. The Kier molecular flexibility index (Phi) is 6.89. The van der Waals surface area contributed by atoms with Crippen LogP contribution in [0.15, 0.2) is 18.2 Å². The Labute approximate surface area is 211 Å². The third-order valence-electron chi connectivity index (χ3n) is 6.70. The zero-order chi connectivity index (χ0) is 25.4. The minimum atomic E-state index is -2.82. The normalized spacial score (nSPS) is 18.4. The molecule has 0 unspecified atom stereocenters. The van der Waals surface area contributed by atoms with Crippen molar-refractivity contribution in [2.24, 2.45) is 0 Å². The average molecular weight is 521 g/mol. The summed E-state index contributed by atoms with van der Waals surface area (Å²) in [6.07, 6.45) is -2.11. The van der Waals surface area contributed by atoms with Crippen molar-refractivity contribution < 1.29 is 18.3 Å². The Morgan fingerprint density at radius 3 is 2.50 bits per heavy atom. The van der Waals surface area contributed by atoms with Crippen molar-refractivity contribution in [3.8, 4) is 5.95 Å². The molecule has 0 radical (unpaired) electrons. The topological polar surface area (TPSA) is 92.5 Å². The van der Waals surface area contributed by atoms with Gasteiger partial charge < -0.3 is 19.4 Å². The summed E-state index contributed by atoms with van der Waals surface area (Å²) in [5, 5.41) is 0. The molecule has 3 aromatic rings. The molecule has 2 aliphatic rings. The summed E-state index contributed by atoms with van der Waals surface area (Å²) >= 11 is 5.74. The van der Waals surface area contributed by atoms with Crippen LogP contribution in [0.4, 0.5) is 20.7 Å². The third kappa shape index (κ3) is 4.55. The molecule has 2 aliphatic heterocycles. The monoisotopic (exact) mass is 520 g/mol. The van der Waals surface area contributed by atoms with Gasteiger partial charge in [0.05, 0.1) is 30.3 Å². The standard InChI is InChI=1S/C23H27ClF2N8O2/c1-14-4-3-5-16-18(14)27-20(19(25)26)34(16)23-29-21(32-8-10-36-11-9-32)28-22(30-23)33-7-6-15(13-33)31(2)17(35)12-24/h3-5,15,19H,6-13H2,1-2H3/t15-/m0/s1. The Balaban J connectivity index is 1.60. The van der Waals surface area contributed by atoms with E-state index in [0.717, 1.165) is 5.56 Å². The average Bonchev–Trinajstić information content (AvgIpc) is 3.54. The van der Waals surface area contributed by atoms with Crippen molar-refractivity contribution >= 4 is 40.4 Å². The van der Waals surface area contributed by atoms with Gasteiger partial charge in [0.15, 0.2) is 5.82 Å². The van der Waals surface area contributed by atoms with Crippen LogP contribution in [0.25, 0.3) is 17.0 Å². The highest BCUT2D eigenvalue weighted by molar-refractivity contribution is 6.27. The summed E-state index contributed by atoms with van der Waals surface area (Å²) in [5.74, 6) is 0.172. The molecular formula is C23H27ClF2N8O2. The number of likely N-dealkylation sites (N-methyl/N-ethyl adjacent to an activating group) is 1. The number of ether oxygens (including phenoxy) is 1. The molecular weight excluding hydrogens is 494 g/mol. The molecule has 4 heterocycles. The number of morpholine rings is 1. The van der Waals surface area contributed by atoms with E-state index in [1.165, 1.54) is 4.57 Å². The van der Waals surface area contributed by atoms with Crippen LogP contribution in [-0.2, 0) is 9.53 Å². The molecule has 13 heteroatoms. The summed E-state index contributed by atoms with van der Waals surface area (Å²) in [4.78, 5) is 35.8. The fourth-order valence-corrected chi connectivity index (χ4v) is 4.83. The van der Waals surface area contributed by atoms with E-state index in [0.29, 0.717) is 68.7 Å². The number of alkyl halides is 3.